The Hall–Kier alpha value is -4.91. The monoisotopic (exact) mass is 492 g/mol. The number of rotatable bonds is 8. The summed E-state index contributed by atoms with van der Waals surface area (Å²) >= 11 is 0. The largest absolute Gasteiger partial charge is 0.457 e. The second-order valence-corrected chi connectivity index (χ2v) is 8.26. The lowest BCUT2D eigenvalue weighted by Gasteiger charge is -2.17. The smallest absolute Gasteiger partial charge is 0.339 e. The minimum atomic E-state index is -0.982. The zero-order valence-corrected chi connectivity index (χ0v) is 20.1. The molecule has 184 valence electrons. The first kappa shape index (κ1) is 23.8. The molecule has 0 radical (unpaired) electrons. The number of ether oxygens (including phenoxy) is 2. The number of carbonyl (C=O) groups excluding carboxylic acids is 2. The fourth-order valence-corrected chi connectivity index (χ4v) is 3.80. The molecule has 0 aliphatic heterocycles. The molecule has 7 nitrogen and oxygen atoms in total. The van der Waals surface area contributed by atoms with Crippen molar-refractivity contribution in [3.05, 3.63) is 109 Å². The SMILES string of the molecule is CCC(OC(=O)c1ccccc1-c1nc2ccccc2o1)C(=O)Nc1ccc(Oc2ccccc2)cc1. The van der Waals surface area contributed by atoms with E-state index in [0.717, 1.165) is 5.75 Å². The van der Waals surface area contributed by atoms with Gasteiger partial charge in [0.15, 0.2) is 11.7 Å². The summed E-state index contributed by atoms with van der Waals surface area (Å²) in [6.07, 6.45) is -0.679. The lowest BCUT2D eigenvalue weighted by atomic mass is 10.1. The van der Waals surface area contributed by atoms with Crippen molar-refractivity contribution in [1.82, 2.24) is 4.98 Å². The number of esters is 1. The van der Waals surface area contributed by atoms with Crippen molar-refractivity contribution in [3.63, 3.8) is 0 Å². The molecule has 1 atom stereocenters. The van der Waals surface area contributed by atoms with E-state index >= 15 is 0 Å². The minimum Gasteiger partial charge on any atom is -0.457 e. The molecular weight excluding hydrogens is 468 g/mol. The number of oxazole rings is 1. The molecule has 0 bridgehead atoms. The Balaban J connectivity index is 1.27. The summed E-state index contributed by atoms with van der Waals surface area (Å²) in [6, 6.07) is 30.6. The van der Waals surface area contributed by atoms with E-state index in [1.165, 1.54) is 0 Å². The number of nitrogens with one attached hydrogen (secondary N) is 1. The van der Waals surface area contributed by atoms with Crippen molar-refractivity contribution in [1.29, 1.82) is 0 Å². The number of benzene rings is 4. The summed E-state index contributed by atoms with van der Waals surface area (Å²) in [5.41, 5.74) is 2.63. The fourth-order valence-electron chi connectivity index (χ4n) is 3.80. The number of para-hydroxylation sites is 3. The van der Waals surface area contributed by atoms with Gasteiger partial charge in [-0.3, -0.25) is 4.79 Å². The van der Waals surface area contributed by atoms with Crippen LogP contribution < -0.4 is 10.1 Å². The predicted molar refractivity (Wildman–Crippen MR) is 141 cm³/mol. The van der Waals surface area contributed by atoms with E-state index in [-0.39, 0.29) is 5.56 Å². The summed E-state index contributed by atoms with van der Waals surface area (Å²) in [7, 11) is 0. The second kappa shape index (κ2) is 10.8. The van der Waals surface area contributed by atoms with Gasteiger partial charge in [-0.25, -0.2) is 9.78 Å². The van der Waals surface area contributed by atoms with E-state index in [1.807, 2.05) is 54.6 Å². The average Bonchev–Trinajstić information content (AvgIpc) is 3.37. The summed E-state index contributed by atoms with van der Waals surface area (Å²) < 4.78 is 17.2. The Bertz CT molecular complexity index is 1490. The molecule has 0 aliphatic rings. The van der Waals surface area contributed by atoms with Crippen LogP contribution >= 0.6 is 0 Å². The molecule has 1 N–H and O–H groups in total. The topological polar surface area (TPSA) is 90.7 Å². The normalized spacial score (nSPS) is 11.6. The third-order valence-corrected chi connectivity index (χ3v) is 5.68. The minimum absolute atomic E-state index is 0.266. The molecule has 1 amide bonds. The fraction of sp³-hybridized carbons (Fsp3) is 0.100. The first-order valence-corrected chi connectivity index (χ1v) is 11.9. The Labute approximate surface area is 213 Å². The number of hydrogen-bond donors (Lipinski definition) is 1. The molecule has 7 heteroatoms. The summed E-state index contributed by atoms with van der Waals surface area (Å²) in [5.74, 6) is 0.608. The van der Waals surface area contributed by atoms with Gasteiger partial charge >= 0.3 is 5.97 Å². The Morgan fingerprint density at radius 1 is 0.838 bits per heavy atom. The summed E-state index contributed by atoms with van der Waals surface area (Å²) in [4.78, 5) is 30.5. The van der Waals surface area contributed by atoms with Gasteiger partial charge in [-0.1, -0.05) is 49.4 Å². The highest BCUT2D eigenvalue weighted by Gasteiger charge is 2.25. The van der Waals surface area contributed by atoms with Crippen LogP contribution in [0.1, 0.15) is 23.7 Å². The molecule has 5 rings (SSSR count). The standard InChI is InChI=1S/C30H24N2O5/c1-2-26(28(33)31-20-16-18-22(19-17-20)35-21-10-4-3-5-11-21)37-30(34)24-13-7-6-12-23(24)29-32-25-14-8-9-15-27(25)36-29/h3-19,26H,2H2,1H3,(H,31,33). The van der Waals surface area contributed by atoms with Gasteiger partial charge in [0.05, 0.1) is 11.1 Å². The molecule has 0 fully saturated rings. The summed E-state index contributed by atoms with van der Waals surface area (Å²) in [6.45, 7) is 1.78. The van der Waals surface area contributed by atoms with E-state index in [0.29, 0.717) is 40.4 Å². The van der Waals surface area contributed by atoms with Crippen molar-refractivity contribution in [2.45, 2.75) is 19.4 Å². The van der Waals surface area contributed by atoms with Crippen LogP contribution in [0.5, 0.6) is 11.5 Å². The van der Waals surface area contributed by atoms with Gasteiger partial charge in [-0.05, 0) is 67.1 Å². The van der Waals surface area contributed by atoms with Gasteiger partial charge in [0.2, 0.25) is 5.89 Å². The molecular formula is C30H24N2O5. The average molecular weight is 493 g/mol. The van der Waals surface area contributed by atoms with Gasteiger partial charge < -0.3 is 19.2 Å². The van der Waals surface area contributed by atoms with E-state index in [1.54, 1.807) is 55.5 Å². The van der Waals surface area contributed by atoms with Crippen molar-refractivity contribution in [3.8, 4) is 23.0 Å². The number of nitrogens with zero attached hydrogens (tertiary/aromatic N) is 1. The molecule has 37 heavy (non-hydrogen) atoms. The molecule has 5 aromatic rings. The maximum atomic E-state index is 13.1. The van der Waals surface area contributed by atoms with E-state index in [2.05, 4.69) is 10.3 Å². The highest BCUT2D eigenvalue weighted by atomic mass is 16.5. The summed E-state index contributed by atoms with van der Waals surface area (Å²) in [5, 5.41) is 2.80. The third-order valence-electron chi connectivity index (χ3n) is 5.68. The van der Waals surface area contributed by atoms with Gasteiger partial charge in [0.25, 0.3) is 5.91 Å². The zero-order chi connectivity index (χ0) is 25.6. The molecule has 0 saturated heterocycles. The van der Waals surface area contributed by atoms with Crippen molar-refractivity contribution < 1.29 is 23.5 Å². The highest BCUT2D eigenvalue weighted by molar-refractivity contribution is 6.00. The lowest BCUT2D eigenvalue weighted by molar-refractivity contribution is -0.124. The van der Waals surface area contributed by atoms with Crippen LogP contribution in [-0.2, 0) is 9.53 Å². The zero-order valence-electron chi connectivity index (χ0n) is 20.1. The number of hydrogen-bond acceptors (Lipinski definition) is 6. The quantitative estimate of drug-likeness (QED) is 0.238. The Morgan fingerprint density at radius 3 is 2.27 bits per heavy atom. The second-order valence-electron chi connectivity index (χ2n) is 8.26. The molecule has 1 unspecified atom stereocenters. The van der Waals surface area contributed by atoms with Crippen LogP contribution in [0.15, 0.2) is 108 Å². The molecule has 0 spiro atoms. The van der Waals surface area contributed by atoms with Crippen molar-refractivity contribution >= 4 is 28.7 Å². The number of anilines is 1. The maximum Gasteiger partial charge on any atom is 0.339 e. The van der Waals surface area contributed by atoms with E-state index < -0.39 is 18.0 Å². The first-order chi connectivity index (χ1) is 18.1. The number of amides is 1. The first-order valence-electron chi connectivity index (χ1n) is 11.9. The van der Waals surface area contributed by atoms with Gasteiger partial charge in [-0.15, -0.1) is 0 Å². The van der Waals surface area contributed by atoms with Crippen LogP contribution in [-0.4, -0.2) is 23.0 Å². The molecule has 1 aromatic heterocycles. The van der Waals surface area contributed by atoms with Crippen LogP contribution in [0.2, 0.25) is 0 Å². The van der Waals surface area contributed by atoms with Crippen molar-refractivity contribution in [2.75, 3.05) is 5.32 Å². The maximum absolute atomic E-state index is 13.1. The van der Waals surface area contributed by atoms with Gasteiger partial charge in [-0.2, -0.15) is 0 Å². The number of aromatic nitrogens is 1. The molecule has 0 saturated carbocycles. The highest BCUT2D eigenvalue weighted by Crippen LogP contribution is 2.28. The number of carbonyl (C=O) groups is 2. The molecule has 1 heterocycles. The van der Waals surface area contributed by atoms with Gasteiger partial charge in [0.1, 0.15) is 17.0 Å². The van der Waals surface area contributed by atoms with E-state index in [9.17, 15) is 9.59 Å². The van der Waals surface area contributed by atoms with Crippen molar-refractivity contribution in [2.24, 2.45) is 0 Å². The molecule has 4 aromatic carbocycles. The number of fused-ring (bicyclic) bond motifs is 1. The third kappa shape index (κ3) is 5.51. The van der Waals surface area contributed by atoms with E-state index in [4.69, 9.17) is 13.9 Å². The Morgan fingerprint density at radius 2 is 1.51 bits per heavy atom. The molecule has 0 aliphatic carbocycles. The lowest BCUT2D eigenvalue weighted by Crippen LogP contribution is -2.32. The van der Waals surface area contributed by atoms with Crippen LogP contribution in [0.25, 0.3) is 22.6 Å². The van der Waals surface area contributed by atoms with Crippen LogP contribution in [0, 0.1) is 0 Å². The Kier molecular flexibility index (Phi) is 6.94. The van der Waals surface area contributed by atoms with Gasteiger partial charge in [0, 0.05) is 5.69 Å². The van der Waals surface area contributed by atoms with Crippen LogP contribution in [0.4, 0.5) is 5.69 Å². The predicted octanol–water partition coefficient (Wildman–Crippen LogP) is 6.86. The van der Waals surface area contributed by atoms with Crippen LogP contribution in [0.3, 0.4) is 0 Å².